The topological polar surface area (TPSA) is 121 Å². The molecule has 5 unspecified atom stereocenters. The van der Waals surface area contributed by atoms with Gasteiger partial charge in [-0.2, -0.15) is 0 Å². The van der Waals surface area contributed by atoms with Crippen LogP contribution in [0.1, 0.15) is 434 Å². The van der Waals surface area contributed by atoms with Crippen LogP contribution in [0, 0.1) is 0 Å². The zero-order valence-corrected chi connectivity index (χ0v) is 60.8. The second-order valence-electron chi connectivity index (χ2n) is 28.1. The number of hydrogen-bond donors (Lipinski definition) is 1. The van der Waals surface area contributed by atoms with Gasteiger partial charge in [-0.1, -0.05) is 312 Å². The van der Waals surface area contributed by atoms with E-state index < -0.39 is 23.7 Å². The third-order valence-corrected chi connectivity index (χ3v) is 19.3. The molecule has 89 heavy (non-hydrogen) atoms. The Morgan fingerprint density at radius 2 is 0.652 bits per heavy atom. The normalized spacial score (nSPS) is 16.6. The molecule has 0 aromatic carbocycles. The van der Waals surface area contributed by atoms with E-state index in [1.165, 1.54) is 199 Å². The number of unbranched alkanes of at least 4 members (excludes halogenated alkanes) is 38. The summed E-state index contributed by atoms with van der Waals surface area (Å²) in [6, 6.07) is -0.449. The van der Waals surface area contributed by atoms with Crippen molar-refractivity contribution in [3.63, 3.8) is 0 Å². The maximum atomic E-state index is 14.0. The monoisotopic (exact) mass is 1260 g/mol. The van der Waals surface area contributed by atoms with Gasteiger partial charge in [-0.3, -0.25) is 19.3 Å². The van der Waals surface area contributed by atoms with E-state index in [2.05, 4.69) is 60.3 Å². The summed E-state index contributed by atoms with van der Waals surface area (Å²) in [6.45, 7) is 19.7. The van der Waals surface area contributed by atoms with Gasteiger partial charge in [0.05, 0.1) is 24.9 Å². The molecule has 0 radical (unpaired) electrons. The number of β-amino-alcohol motifs (C(OH)–C–C–N with tert-alkyl or cyclic N) is 1. The summed E-state index contributed by atoms with van der Waals surface area (Å²) in [6.07, 6.45) is 63.2. The highest BCUT2D eigenvalue weighted by atomic mass is 16.7. The van der Waals surface area contributed by atoms with Gasteiger partial charge in [0.1, 0.15) is 6.04 Å². The summed E-state index contributed by atoms with van der Waals surface area (Å²) >= 11 is 0. The predicted molar refractivity (Wildman–Crippen MR) is 378 cm³/mol. The molecule has 528 valence electrons. The number of carbonyl (C=O) groups is 3. The number of likely N-dealkylation sites (tertiary alicyclic amines) is 1. The molecule has 0 aromatic heterocycles. The van der Waals surface area contributed by atoms with Crippen molar-refractivity contribution in [1.29, 1.82) is 0 Å². The standard InChI is InChI=1S/C79H153NO9/c1-9-17-25-33-38-47-59-72(57-45-29-21-13-5)86-78(63-51-31-23-15-7,65-53-41-35-27-19-11-3)88-75(82)61-49-40-37-43-56-68-85-77(84)74-69-71(81)70-80(74)67-55-44-50-62-76(83)89-79(64-52-32-24-16-8,66-54-42-36-28-20-12-4)87-73(58-46-30-22-14-6)60-48-39-34-26-18-10-2/h71-74,81H,9-70H2,1-8H3/t71?,72?,73?,74-,78?,79?/m0/s1. The van der Waals surface area contributed by atoms with E-state index in [-0.39, 0.29) is 30.1 Å². The van der Waals surface area contributed by atoms with Crippen molar-refractivity contribution in [1.82, 2.24) is 4.90 Å². The lowest BCUT2D eigenvalue weighted by Gasteiger charge is -2.37. The van der Waals surface area contributed by atoms with E-state index in [4.69, 9.17) is 23.7 Å². The van der Waals surface area contributed by atoms with Crippen LogP contribution in [0.3, 0.4) is 0 Å². The fourth-order valence-electron chi connectivity index (χ4n) is 13.6. The molecule has 0 amide bonds. The number of aliphatic hydroxyl groups excluding tert-OH is 1. The molecular weight excluding hydrogens is 1110 g/mol. The zero-order valence-electron chi connectivity index (χ0n) is 60.8. The smallest absolute Gasteiger partial charge is 0.323 e. The lowest BCUT2D eigenvalue weighted by molar-refractivity contribution is -0.260. The van der Waals surface area contributed by atoms with Gasteiger partial charge < -0.3 is 28.8 Å². The summed E-state index contributed by atoms with van der Waals surface area (Å²) in [5.74, 6) is -2.20. The molecule has 6 atom stereocenters. The maximum Gasteiger partial charge on any atom is 0.323 e. The Bertz CT molecular complexity index is 1560. The molecule has 10 nitrogen and oxygen atoms in total. The average molecular weight is 1260 g/mol. The lowest BCUT2D eigenvalue weighted by Crippen LogP contribution is -2.42. The summed E-state index contributed by atoms with van der Waals surface area (Å²) in [5.41, 5.74) is 0. The minimum atomic E-state index is -0.865. The van der Waals surface area contributed by atoms with Crippen LogP contribution in [0.5, 0.6) is 0 Å². The van der Waals surface area contributed by atoms with Crippen molar-refractivity contribution in [2.75, 3.05) is 19.7 Å². The number of ether oxygens (including phenoxy) is 5. The first kappa shape index (κ1) is 85.3. The van der Waals surface area contributed by atoms with Gasteiger partial charge in [-0.05, 0) is 83.6 Å². The van der Waals surface area contributed by atoms with E-state index >= 15 is 0 Å². The van der Waals surface area contributed by atoms with Crippen LogP contribution in [-0.2, 0) is 38.1 Å². The number of hydrogen-bond acceptors (Lipinski definition) is 10. The van der Waals surface area contributed by atoms with Gasteiger partial charge >= 0.3 is 17.9 Å². The Hall–Kier alpha value is -1.75. The fourth-order valence-corrected chi connectivity index (χ4v) is 13.6. The van der Waals surface area contributed by atoms with Crippen LogP contribution in [0.2, 0.25) is 0 Å². The Morgan fingerprint density at radius 3 is 1.01 bits per heavy atom. The number of carbonyl (C=O) groups excluding carboxylic acids is 3. The number of rotatable bonds is 69. The number of nitrogens with zero attached hydrogens (tertiary/aromatic N) is 1. The summed E-state index contributed by atoms with van der Waals surface area (Å²) in [7, 11) is 0. The number of aliphatic hydroxyl groups is 1. The van der Waals surface area contributed by atoms with E-state index in [0.29, 0.717) is 39.0 Å². The minimum absolute atomic E-state index is 0.111. The Balaban J connectivity index is 2.88. The molecule has 1 aliphatic rings. The Kier molecular flexibility index (Phi) is 58.6. The minimum Gasteiger partial charge on any atom is -0.465 e. The van der Waals surface area contributed by atoms with Crippen molar-refractivity contribution < 1.29 is 43.2 Å². The van der Waals surface area contributed by atoms with Crippen LogP contribution in [0.25, 0.3) is 0 Å². The van der Waals surface area contributed by atoms with Crippen molar-refractivity contribution in [2.45, 2.75) is 470 Å². The first-order valence-electron chi connectivity index (χ1n) is 39.9. The molecule has 0 saturated carbocycles. The summed E-state index contributed by atoms with van der Waals surface area (Å²) in [4.78, 5) is 43.6. The molecule has 0 spiro atoms. The second-order valence-corrected chi connectivity index (χ2v) is 28.1. The van der Waals surface area contributed by atoms with Gasteiger partial charge in [0, 0.05) is 51.5 Å². The van der Waals surface area contributed by atoms with Crippen molar-refractivity contribution >= 4 is 17.9 Å². The molecule has 1 heterocycles. The zero-order chi connectivity index (χ0) is 65.0. The van der Waals surface area contributed by atoms with Crippen LogP contribution in [-0.4, -0.2) is 83.5 Å². The Morgan fingerprint density at radius 1 is 0.371 bits per heavy atom. The molecule has 0 aliphatic carbocycles. The van der Waals surface area contributed by atoms with Crippen molar-refractivity contribution in [3.05, 3.63) is 0 Å². The fraction of sp³-hybridized carbons (Fsp3) is 0.962. The molecule has 10 heteroatoms. The first-order valence-corrected chi connectivity index (χ1v) is 39.9. The SMILES string of the molecule is CCCCCCCCC(CCCCCC)OC(CCCCCC)(CCCCCCCC)OC(=O)CCCCCCCOC(=O)[C@@H]1CC(O)CN1CCCCCC(=O)OC(CCCCCC)(CCCCCCCC)OC(CCCCCC)CCCCCCCC. The quantitative estimate of drug-likeness (QED) is 0.0273. The van der Waals surface area contributed by atoms with Crippen LogP contribution in [0.15, 0.2) is 0 Å². The van der Waals surface area contributed by atoms with Crippen molar-refractivity contribution in [2.24, 2.45) is 0 Å². The third kappa shape index (κ3) is 47.7. The summed E-state index contributed by atoms with van der Waals surface area (Å²) < 4.78 is 33.8. The molecule has 1 saturated heterocycles. The molecule has 1 rings (SSSR count). The highest BCUT2D eigenvalue weighted by Gasteiger charge is 2.40. The second kappa shape index (κ2) is 61.1. The van der Waals surface area contributed by atoms with Crippen molar-refractivity contribution in [3.8, 4) is 0 Å². The van der Waals surface area contributed by atoms with Crippen LogP contribution in [0.4, 0.5) is 0 Å². The molecular formula is C79H153NO9. The van der Waals surface area contributed by atoms with E-state index in [1.807, 2.05) is 0 Å². The van der Waals surface area contributed by atoms with Gasteiger partial charge in [0.2, 0.25) is 11.6 Å². The number of esters is 3. The molecule has 0 aromatic rings. The third-order valence-electron chi connectivity index (χ3n) is 19.3. The molecule has 1 N–H and O–H groups in total. The predicted octanol–water partition coefficient (Wildman–Crippen LogP) is 24.0. The van der Waals surface area contributed by atoms with Gasteiger partial charge in [0.15, 0.2) is 0 Å². The van der Waals surface area contributed by atoms with Gasteiger partial charge in [0.25, 0.3) is 0 Å². The first-order chi connectivity index (χ1) is 43.5. The van der Waals surface area contributed by atoms with E-state index in [1.54, 1.807) is 0 Å². The van der Waals surface area contributed by atoms with Gasteiger partial charge in [-0.25, -0.2) is 0 Å². The van der Waals surface area contributed by atoms with Crippen LogP contribution >= 0.6 is 0 Å². The lowest BCUT2D eigenvalue weighted by atomic mass is 9.97. The van der Waals surface area contributed by atoms with Crippen LogP contribution < -0.4 is 0 Å². The average Bonchev–Trinajstić information content (AvgIpc) is 3.55. The molecule has 1 aliphatic heterocycles. The van der Waals surface area contributed by atoms with E-state index in [9.17, 15) is 19.5 Å². The molecule has 1 fully saturated rings. The summed E-state index contributed by atoms with van der Waals surface area (Å²) in [5, 5.41) is 10.7. The Labute approximate surface area is 553 Å². The maximum absolute atomic E-state index is 14.0. The van der Waals surface area contributed by atoms with Gasteiger partial charge in [-0.15, -0.1) is 0 Å². The largest absolute Gasteiger partial charge is 0.465 e. The highest BCUT2D eigenvalue weighted by molar-refractivity contribution is 5.76. The highest BCUT2D eigenvalue weighted by Crippen LogP contribution is 2.36. The van der Waals surface area contributed by atoms with E-state index in [0.717, 1.165) is 161 Å². The molecule has 0 bridgehead atoms.